The Bertz CT molecular complexity index is 1250. The summed E-state index contributed by atoms with van der Waals surface area (Å²) in [6, 6.07) is 8.85. The van der Waals surface area contributed by atoms with Crippen LogP contribution in [-0.4, -0.2) is 50.0 Å². The number of anilines is 1. The number of benzene rings is 2. The summed E-state index contributed by atoms with van der Waals surface area (Å²) in [7, 11) is -3.84. The lowest BCUT2D eigenvalue weighted by Gasteiger charge is -2.33. The van der Waals surface area contributed by atoms with E-state index in [1.165, 1.54) is 4.90 Å². The Morgan fingerprint density at radius 3 is 2.24 bits per heavy atom. The monoisotopic (exact) mass is 587 g/mol. The van der Waals surface area contributed by atoms with Gasteiger partial charge in [0.2, 0.25) is 21.8 Å². The average Bonchev–Trinajstić information content (AvgIpc) is 2.82. The van der Waals surface area contributed by atoms with Gasteiger partial charge in [0.05, 0.1) is 11.9 Å². The highest BCUT2D eigenvalue weighted by Crippen LogP contribution is 2.27. The number of aryl methyl sites for hydroxylation is 1. The fourth-order valence-electron chi connectivity index (χ4n) is 4.48. The lowest BCUT2D eigenvalue weighted by molar-refractivity contribution is -0.139. The molecule has 2 amide bonds. The van der Waals surface area contributed by atoms with Gasteiger partial charge in [-0.3, -0.25) is 13.9 Å². The van der Waals surface area contributed by atoms with Crippen molar-refractivity contribution >= 4 is 62.3 Å². The van der Waals surface area contributed by atoms with E-state index in [4.69, 9.17) is 34.8 Å². The standard InChI is InChI=1S/C26H32Cl3N3O4S/c1-17-13-20(27)11-12-24(17)32(37(3,35)36)16-25(33)31(15-19-9-10-21(28)14-23(19)29)18(2)26(34)30-22-7-5-4-6-8-22/h9-14,18,22H,4-8,15-16H2,1-3H3,(H,30,34). The zero-order valence-corrected chi connectivity index (χ0v) is 24.2. The van der Waals surface area contributed by atoms with Crippen molar-refractivity contribution in [3.8, 4) is 0 Å². The summed E-state index contributed by atoms with van der Waals surface area (Å²) in [4.78, 5) is 28.3. The van der Waals surface area contributed by atoms with Crippen LogP contribution in [0.15, 0.2) is 36.4 Å². The zero-order chi connectivity index (χ0) is 27.3. The molecule has 2 aromatic rings. The quantitative estimate of drug-likeness (QED) is 0.414. The summed E-state index contributed by atoms with van der Waals surface area (Å²) in [5, 5.41) is 4.30. The lowest BCUT2D eigenvalue weighted by atomic mass is 9.95. The number of halogens is 3. The molecule has 202 valence electrons. The van der Waals surface area contributed by atoms with Crippen LogP contribution < -0.4 is 9.62 Å². The maximum absolute atomic E-state index is 13.7. The molecule has 0 radical (unpaired) electrons. The number of hydrogen-bond acceptors (Lipinski definition) is 4. The third-order valence-corrected chi connectivity index (χ3v) is 8.53. The molecule has 1 aliphatic carbocycles. The number of amides is 2. The van der Waals surface area contributed by atoms with E-state index in [1.807, 2.05) is 0 Å². The molecule has 1 saturated carbocycles. The molecule has 11 heteroatoms. The van der Waals surface area contributed by atoms with E-state index >= 15 is 0 Å². The van der Waals surface area contributed by atoms with Crippen molar-refractivity contribution in [1.29, 1.82) is 0 Å². The van der Waals surface area contributed by atoms with Crippen molar-refractivity contribution in [2.75, 3.05) is 17.1 Å². The molecule has 37 heavy (non-hydrogen) atoms. The summed E-state index contributed by atoms with van der Waals surface area (Å²) in [5.74, 6) is -0.837. The number of carbonyl (C=O) groups is 2. The Labute approximate surface area is 234 Å². The first kappa shape index (κ1) is 29.6. The first-order valence-corrected chi connectivity index (χ1v) is 15.1. The second-order valence-electron chi connectivity index (χ2n) is 9.48. The molecule has 1 unspecified atom stereocenters. The Morgan fingerprint density at radius 1 is 1.03 bits per heavy atom. The highest BCUT2D eigenvalue weighted by atomic mass is 35.5. The van der Waals surface area contributed by atoms with E-state index in [-0.39, 0.29) is 18.5 Å². The van der Waals surface area contributed by atoms with Gasteiger partial charge in [-0.15, -0.1) is 0 Å². The van der Waals surface area contributed by atoms with Gasteiger partial charge in [-0.25, -0.2) is 8.42 Å². The summed E-state index contributed by atoms with van der Waals surface area (Å²) in [5.41, 5.74) is 1.52. The molecular weight excluding hydrogens is 557 g/mol. The highest BCUT2D eigenvalue weighted by Gasteiger charge is 2.32. The van der Waals surface area contributed by atoms with Crippen LogP contribution >= 0.6 is 34.8 Å². The predicted octanol–water partition coefficient (Wildman–Crippen LogP) is 5.59. The van der Waals surface area contributed by atoms with E-state index in [9.17, 15) is 18.0 Å². The van der Waals surface area contributed by atoms with E-state index in [0.29, 0.717) is 31.9 Å². The Morgan fingerprint density at radius 2 is 1.65 bits per heavy atom. The Hall–Kier alpha value is -2.00. The molecule has 3 rings (SSSR count). The van der Waals surface area contributed by atoms with Crippen molar-refractivity contribution in [1.82, 2.24) is 10.2 Å². The Kier molecular flexibility index (Phi) is 10.1. The number of sulfonamides is 1. The lowest BCUT2D eigenvalue weighted by Crippen LogP contribution is -2.53. The fraction of sp³-hybridized carbons (Fsp3) is 0.462. The molecule has 1 atom stereocenters. The van der Waals surface area contributed by atoms with E-state index < -0.39 is 28.5 Å². The Balaban J connectivity index is 1.92. The molecule has 0 aliphatic heterocycles. The minimum absolute atomic E-state index is 0.00525. The first-order valence-electron chi connectivity index (χ1n) is 12.1. The van der Waals surface area contributed by atoms with Crippen LogP contribution in [-0.2, 0) is 26.2 Å². The van der Waals surface area contributed by atoms with Crippen LogP contribution in [0.5, 0.6) is 0 Å². The average molecular weight is 589 g/mol. The topological polar surface area (TPSA) is 86.8 Å². The summed E-state index contributed by atoms with van der Waals surface area (Å²) >= 11 is 18.5. The fourth-order valence-corrected chi connectivity index (χ4v) is 6.08. The number of nitrogens with zero attached hydrogens (tertiary/aromatic N) is 2. The maximum atomic E-state index is 13.7. The molecule has 1 N–H and O–H groups in total. The minimum Gasteiger partial charge on any atom is -0.352 e. The molecule has 0 heterocycles. The minimum atomic E-state index is -3.84. The molecule has 0 bridgehead atoms. The second-order valence-corrected chi connectivity index (χ2v) is 12.7. The number of nitrogens with one attached hydrogen (secondary N) is 1. The van der Waals surface area contributed by atoms with Crippen LogP contribution in [0.3, 0.4) is 0 Å². The van der Waals surface area contributed by atoms with E-state index in [1.54, 1.807) is 50.2 Å². The van der Waals surface area contributed by atoms with Crippen LogP contribution in [0.2, 0.25) is 15.1 Å². The van der Waals surface area contributed by atoms with Crippen LogP contribution in [0.1, 0.15) is 50.2 Å². The normalized spacial score (nSPS) is 15.2. The van der Waals surface area contributed by atoms with Gasteiger partial charge in [-0.05, 0) is 68.1 Å². The number of hydrogen-bond donors (Lipinski definition) is 1. The molecule has 2 aromatic carbocycles. The maximum Gasteiger partial charge on any atom is 0.244 e. The summed E-state index contributed by atoms with van der Waals surface area (Å²) < 4.78 is 26.5. The van der Waals surface area contributed by atoms with Gasteiger partial charge >= 0.3 is 0 Å². The van der Waals surface area contributed by atoms with Crippen molar-refractivity contribution in [2.45, 2.75) is 64.6 Å². The van der Waals surface area contributed by atoms with Crippen molar-refractivity contribution in [3.63, 3.8) is 0 Å². The van der Waals surface area contributed by atoms with Gasteiger partial charge in [-0.2, -0.15) is 0 Å². The van der Waals surface area contributed by atoms with Crippen molar-refractivity contribution in [2.24, 2.45) is 0 Å². The van der Waals surface area contributed by atoms with Gasteiger partial charge in [0, 0.05) is 27.7 Å². The first-order chi connectivity index (χ1) is 17.4. The molecular formula is C26H32Cl3N3O4S. The SMILES string of the molecule is Cc1cc(Cl)ccc1N(CC(=O)N(Cc1ccc(Cl)cc1Cl)C(C)C(=O)NC1CCCCC1)S(C)(=O)=O. The van der Waals surface area contributed by atoms with Gasteiger partial charge in [0.1, 0.15) is 12.6 Å². The summed E-state index contributed by atoms with van der Waals surface area (Å²) in [6.45, 7) is 2.87. The predicted molar refractivity (Wildman–Crippen MR) is 150 cm³/mol. The number of rotatable bonds is 9. The van der Waals surface area contributed by atoms with Gasteiger partial charge < -0.3 is 10.2 Å². The zero-order valence-electron chi connectivity index (χ0n) is 21.1. The highest BCUT2D eigenvalue weighted by molar-refractivity contribution is 7.92. The van der Waals surface area contributed by atoms with E-state index in [2.05, 4.69) is 5.32 Å². The largest absolute Gasteiger partial charge is 0.352 e. The van der Waals surface area contributed by atoms with Crippen LogP contribution in [0.4, 0.5) is 5.69 Å². The van der Waals surface area contributed by atoms with Gasteiger partial charge in [0.25, 0.3) is 0 Å². The van der Waals surface area contributed by atoms with Gasteiger partial charge in [0.15, 0.2) is 0 Å². The van der Waals surface area contributed by atoms with Crippen molar-refractivity contribution < 1.29 is 18.0 Å². The molecule has 0 aromatic heterocycles. The second kappa shape index (κ2) is 12.7. The summed E-state index contributed by atoms with van der Waals surface area (Å²) in [6.07, 6.45) is 6.07. The molecule has 0 spiro atoms. The third-order valence-electron chi connectivity index (χ3n) is 6.58. The van der Waals surface area contributed by atoms with E-state index in [0.717, 1.165) is 42.7 Å². The van der Waals surface area contributed by atoms with Crippen LogP contribution in [0, 0.1) is 6.92 Å². The van der Waals surface area contributed by atoms with Crippen molar-refractivity contribution in [3.05, 3.63) is 62.6 Å². The number of carbonyl (C=O) groups excluding carboxylic acids is 2. The molecule has 7 nitrogen and oxygen atoms in total. The molecule has 0 saturated heterocycles. The third kappa shape index (κ3) is 7.99. The van der Waals surface area contributed by atoms with Gasteiger partial charge in [-0.1, -0.05) is 60.1 Å². The molecule has 1 aliphatic rings. The smallest absolute Gasteiger partial charge is 0.244 e. The molecule has 1 fully saturated rings. The van der Waals surface area contributed by atoms with Crippen LogP contribution in [0.25, 0.3) is 0 Å².